The van der Waals surface area contributed by atoms with Crippen LogP contribution < -0.4 is 0 Å². The quantitative estimate of drug-likeness (QED) is 0.813. The molecule has 3 rings (SSSR count). The number of esters is 1. The number of carboxylic acids is 1. The van der Waals surface area contributed by atoms with Gasteiger partial charge in [-0.2, -0.15) is 0 Å². The maximum absolute atomic E-state index is 12.3. The molecule has 8 nitrogen and oxygen atoms in total. The van der Waals surface area contributed by atoms with Gasteiger partial charge in [0.1, 0.15) is 11.1 Å². The Labute approximate surface area is 144 Å². The van der Waals surface area contributed by atoms with Crippen LogP contribution in [0.2, 0.25) is 0 Å². The molecule has 0 atom stereocenters. The van der Waals surface area contributed by atoms with Crippen molar-refractivity contribution >= 4 is 11.9 Å². The van der Waals surface area contributed by atoms with Gasteiger partial charge >= 0.3 is 11.9 Å². The van der Waals surface area contributed by atoms with Crippen LogP contribution in [0.3, 0.4) is 0 Å². The zero-order chi connectivity index (χ0) is 17.9. The zero-order valence-electron chi connectivity index (χ0n) is 13.8. The van der Waals surface area contributed by atoms with Gasteiger partial charge in [-0.1, -0.05) is 17.3 Å². The van der Waals surface area contributed by atoms with Gasteiger partial charge < -0.3 is 14.6 Å². The first kappa shape index (κ1) is 17.1. The molecule has 1 fully saturated rings. The average molecular weight is 345 g/mol. The minimum atomic E-state index is -0.964. The maximum atomic E-state index is 12.3. The van der Waals surface area contributed by atoms with Crippen LogP contribution in [0.15, 0.2) is 30.5 Å². The number of carbonyl (C=O) groups excluding carboxylic acids is 1. The fourth-order valence-corrected chi connectivity index (χ4v) is 3.01. The highest BCUT2D eigenvalue weighted by molar-refractivity contribution is 5.87. The van der Waals surface area contributed by atoms with E-state index in [1.165, 1.54) is 7.11 Å². The largest absolute Gasteiger partial charge is 0.478 e. The Morgan fingerprint density at radius 3 is 2.56 bits per heavy atom. The van der Waals surface area contributed by atoms with Gasteiger partial charge in [-0.15, -0.1) is 5.10 Å². The molecule has 2 aromatic rings. The van der Waals surface area contributed by atoms with Crippen molar-refractivity contribution in [3.8, 4) is 0 Å². The molecule has 2 heterocycles. The summed E-state index contributed by atoms with van der Waals surface area (Å²) in [5, 5.41) is 17.2. The van der Waals surface area contributed by atoms with Crippen LogP contribution in [-0.2, 0) is 26.2 Å². The highest BCUT2D eigenvalue weighted by Gasteiger charge is 2.45. The molecule has 132 valence electrons. The van der Waals surface area contributed by atoms with Crippen LogP contribution in [0.1, 0.15) is 34.5 Å². The van der Waals surface area contributed by atoms with Crippen molar-refractivity contribution < 1.29 is 24.2 Å². The van der Waals surface area contributed by atoms with Crippen molar-refractivity contribution in [2.45, 2.75) is 24.8 Å². The minimum Gasteiger partial charge on any atom is -0.478 e. The van der Waals surface area contributed by atoms with E-state index in [1.807, 2.05) is 0 Å². The molecule has 1 aromatic carbocycles. The lowest BCUT2D eigenvalue weighted by Crippen LogP contribution is -2.42. The Morgan fingerprint density at radius 1 is 1.28 bits per heavy atom. The van der Waals surface area contributed by atoms with Gasteiger partial charge in [0.25, 0.3) is 0 Å². The SMILES string of the molecule is COC(=O)C1(c2cn(Cc3ccc(C(=O)O)cc3)nn2)CCOCC1. The van der Waals surface area contributed by atoms with Gasteiger partial charge in [-0.3, -0.25) is 4.79 Å². The van der Waals surface area contributed by atoms with E-state index < -0.39 is 11.4 Å². The molecule has 1 saturated heterocycles. The van der Waals surface area contributed by atoms with E-state index in [0.717, 1.165) is 5.56 Å². The first-order valence-electron chi connectivity index (χ1n) is 7.94. The van der Waals surface area contributed by atoms with Gasteiger partial charge in [0.2, 0.25) is 0 Å². The fourth-order valence-electron chi connectivity index (χ4n) is 3.01. The van der Waals surface area contributed by atoms with Crippen LogP contribution >= 0.6 is 0 Å². The van der Waals surface area contributed by atoms with Crippen molar-refractivity contribution in [3.63, 3.8) is 0 Å². The molecule has 0 unspecified atom stereocenters. The monoisotopic (exact) mass is 345 g/mol. The molecule has 1 N–H and O–H groups in total. The number of aromatic nitrogens is 3. The second-order valence-corrected chi connectivity index (χ2v) is 5.99. The van der Waals surface area contributed by atoms with Crippen molar-refractivity contribution in [2.75, 3.05) is 20.3 Å². The number of carbonyl (C=O) groups is 2. The predicted octanol–water partition coefficient (Wildman–Crippen LogP) is 1.25. The maximum Gasteiger partial charge on any atom is 0.335 e. The van der Waals surface area contributed by atoms with E-state index >= 15 is 0 Å². The van der Waals surface area contributed by atoms with Crippen molar-refractivity contribution in [1.82, 2.24) is 15.0 Å². The Morgan fingerprint density at radius 2 is 1.96 bits per heavy atom. The van der Waals surface area contributed by atoms with Crippen LogP contribution in [0.4, 0.5) is 0 Å². The fraction of sp³-hybridized carbons (Fsp3) is 0.412. The standard InChI is InChI=1S/C17H19N3O5/c1-24-16(23)17(6-8-25-9-7-17)14-11-20(19-18-14)10-12-2-4-13(5-3-12)15(21)22/h2-5,11H,6-10H2,1H3,(H,21,22). The number of ether oxygens (including phenoxy) is 2. The highest BCUT2D eigenvalue weighted by Crippen LogP contribution is 2.34. The third-order valence-corrected chi connectivity index (χ3v) is 4.50. The Balaban J connectivity index is 1.81. The number of hydrogen-bond donors (Lipinski definition) is 1. The molecule has 25 heavy (non-hydrogen) atoms. The second-order valence-electron chi connectivity index (χ2n) is 5.99. The van der Waals surface area contributed by atoms with Crippen molar-refractivity contribution in [1.29, 1.82) is 0 Å². The van der Waals surface area contributed by atoms with Gasteiger partial charge in [-0.05, 0) is 30.5 Å². The van der Waals surface area contributed by atoms with Gasteiger partial charge in [-0.25, -0.2) is 9.48 Å². The Bertz CT molecular complexity index is 763. The summed E-state index contributed by atoms with van der Waals surface area (Å²) in [6.45, 7) is 1.37. The molecule has 1 aromatic heterocycles. The first-order valence-corrected chi connectivity index (χ1v) is 7.94. The predicted molar refractivity (Wildman–Crippen MR) is 86.3 cm³/mol. The molecule has 0 aliphatic carbocycles. The molecule has 8 heteroatoms. The van der Waals surface area contributed by atoms with Crippen molar-refractivity contribution in [3.05, 3.63) is 47.3 Å². The number of rotatable bonds is 5. The molecule has 0 radical (unpaired) electrons. The minimum absolute atomic E-state index is 0.231. The number of methoxy groups -OCH3 is 1. The lowest BCUT2D eigenvalue weighted by Gasteiger charge is -2.32. The normalized spacial score (nSPS) is 16.4. The molecule has 0 spiro atoms. The van der Waals surface area contributed by atoms with Crippen LogP contribution in [0.25, 0.3) is 0 Å². The van der Waals surface area contributed by atoms with Crippen LogP contribution in [-0.4, -0.2) is 52.4 Å². The molecule has 1 aliphatic heterocycles. The zero-order valence-corrected chi connectivity index (χ0v) is 13.8. The molecule has 0 amide bonds. The summed E-state index contributed by atoms with van der Waals surface area (Å²) < 4.78 is 12.0. The Hall–Kier alpha value is -2.74. The summed E-state index contributed by atoms with van der Waals surface area (Å²) >= 11 is 0. The third-order valence-electron chi connectivity index (χ3n) is 4.50. The summed E-state index contributed by atoms with van der Waals surface area (Å²) in [6.07, 6.45) is 2.75. The van der Waals surface area contributed by atoms with Gasteiger partial charge in [0.05, 0.1) is 19.2 Å². The smallest absolute Gasteiger partial charge is 0.335 e. The lowest BCUT2D eigenvalue weighted by molar-refractivity contribution is -0.151. The number of benzene rings is 1. The summed E-state index contributed by atoms with van der Waals surface area (Å²) in [7, 11) is 1.37. The first-order chi connectivity index (χ1) is 12.0. The lowest BCUT2D eigenvalue weighted by atomic mass is 9.77. The van der Waals surface area contributed by atoms with Gasteiger partial charge in [0, 0.05) is 19.4 Å². The number of carboxylic acid groups (broad SMARTS) is 1. The summed E-state index contributed by atoms with van der Waals surface area (Å²) in [4.78, 5) is 23.2. The molecule has 0 saturated carbocycles. The van der Waals surface area contributed by atoms with Crippen molar-refractivity contribution in [2.24, 2.45) is 0 Å². The number of hydrogen-bond acceptors (Lipinski definition) is 6. The van der Waals surface area contributed by atoms with E-state index in [4.69, 9.17) is 14.6 Å². The van der Waals surface area contributed by atoms with E-state index in [0.29, 0.717) is 38.3 Å². The third kappa shape index (κ3) is 3.39. The van der Waals surface area contributed by atoms with E-state index in [9.17, 15) is 9.59 Å². The number of nitrogens with zero attached hydrogens (tertiary/aromatic N) is 3. The van der Waals surface area contributed by atoms with Crippen LogP contribution in [0.5, 0.6) is 0 Å². The molecule has 0 bridgehead atoms. The molecule has 1 aliphatic rings. The van der Waals surface area contributed by atoms with Crippen LogP contribution in [0, 0.1) is 0 Å². The molecular formula is C17H19N3O5. The summed E-state index contributed by atoms with van der Waals surface area (Å²) in [6, 6.07) is 6.55. The summed E-state index contributed by atoms with van der Waals surface area (Å²) in [5.74, 6) is -1.29. The topological polar surface area (TPSA) is 104 Å². The second kappa shape index (κ2) is 7.02. The summed E-state index contributed by atoms with van der Waals surface area (Å²) in [5.41, 5.74) is 0.874. The van der Waals surface area contributed by atoms with Gasteiger partial charge in [0.15, 0.2) is 0 Å². The van der Waals surface area contributed by atoms with E-state index in [1.54, 1.807) is 35.1 Å². The molecular weight excluding hydrogens is 326 g/mol. The Kier molecular flexibility index (Phi) is 4.80. The van der Waals surface area contributed by atoms with E-state index in [2.05, 4.69) is 10.3 Å². The number of aromatic carboxylic acids is 1. The highest BCUT2D eigenvalue weighted by atomic mass is 16.5. The average Bonchev–Trinajstić information content (AvgIpc) is 3.11. The van der Waals surface area contributed by atoms with E-state index in [-0.39, 0.29) is 11.5 Å².